The molecular formula is C25H30F3N3O4. The second-order valence-electron chi connectivity index (χ2n) is 8.85. The summed E-state index contributed by atoms with van der Waals surface area (Å²) in [6.45, 7) is 7.71. The molecule has 35 heavy (non-hydrogen) atoms. The number of carbonyl (C=O) groups is 1. The van der Waals surface area contributed by atoms with E-state index < -0.39 is 23.3 Å². The normalized spacial score (nSPS) is 16.5. The standard InChI is InChI=1S/C25H30F3N3O4/c1-5-6-13-31-21(29-22(30-31)17-7-9-18(10-8-17)25(26,27)28)15-34-19-11-12-20(16(2)14-19)35-24(3,4)23(32)33/h7-12,14,21H,5-6,13,15H2,1-4H3,(H,29,30)(H,32,33). The molecule has 0 saturated carbocycles. The molecule has 1 atom stereocenters. The van der Waals surface area contributed by atoms with E-state index >= 15 is 0 Å². The molecule has 0 amide bonds. The Bertz CT molecular complexity index is 1070. The van der Waals surface area contributed by atoms with E-state index in [0.717, 1.165) is 30.5 Å². The average Bonchev–Trinajstić information content (AvgIpc) is 3.20. The maximum Gasteiger partial charge on any atom is 0.416 e. The van der Waals surface area contributed by atoms with Gasteiger partial charge < -0.3 is 20.0 Å². The van der Waals surface area contributed by atoms with Gasteiger partial charge in [0.15, 0.2) is 11.8 Å². The molecule has 10 heteroatoms. The number of alkyl halides is 3. The molecule has 0 saturated heterocycles. The van der Waals surface area contributed by atoms with Crippen molar-refractivity contribution in [3.8, 4) is 11.5 Å². The number of amidine groups is 1. The summed E-state index contributed by atoms with van der Waals surface area (Å²) in [7, 11) is 0. The van der Waals surface area contributed by atoms with Crippen molar-refractivity contribution in [2.75, 3.05) is 13.2 Å². The fraction of sp³-hybridized carbons (Fsp3) is 0.440. The second kappa shape index (κ2) is 10.6. The van der Waals surface area contributed by atoms with Crippen molar-refractivity contribution in [3.05, 3.63) is 59.2 Å². The Morgan fingerprint density at radius 3 is 2.43 bits per heavy atom. The molecule has 2 aromatic rings. The molecule has 0 bridgehead atoms. The second-order valence-corrected chi connectivity index (χ2v) is 8.85. The van der Waals surface area contributed by atoms with Crippen molar-refractivity contribution in [1.29, 1.82) is 0 Å². The lowest BCUT2D eigenvalue weighted by atomic mass is 10.1. The minimum atomic E-state index is -4.39. The molecule has 0 spiro atoms. The van der Waals surface area contributed by atoms with Gasteiger partial charge in [0.25, 0.3) is 0 Å². The van der Waals surface area contributed by atoms with Crippen LogP contribution in [0.3, 0.4) is 0 Å². The maximum atomic E-state index is 12.9. The van der Waals surface area contributed by atoms with E-state index in [1.807, 2.05) is 5.01 Å². The van der Waals surface area contributed by atoms with Crippen molar-refractivity contribution in [3.63, 3.8) is 0 Å². The Morgan fingerprint density at radius 2 is 1.86 bits per heavy atom. The highest BCUT2D eigenvalue weighted by atomic mass is 19.4. The van der Waals surface area contributed by atoms with Crippen LogP contribution in [0.25, 0.3) is 0 Å². The molecule has 2 aromatic carbocycles. The number of carboxylic acids is 1. The molecule has 1 unspecified atom stereocenters. The Kier molecular flexibility index (Phi) is 7.94. The topological polar surface area (TPSA) is 83.4 Å². The van der Waals surface area contributed by atoms with Gasteiger partial charge >= 0.3 is 12.1 Å². The Balaban J connectivity index is 1.71. The predicted octanol–water partition coefficient (Wildman–Crippen LogP) is 5.03. The molecule has 0 fully saturated rings. The molecule has 7 nitrogen and oxygen atoms in total. The number of hydrogen-bond acceptors (Lipinski definition) is 6. The van der Waals surface area contributed by atoms with Crippen molar-refractivity contribution in [2.24, 2.45) is 4.99 Å². The van der Waals surface area contributed by atoms with Crippen molar-refractivity contribution < 1.29 is 32.5 Å². The first kappa shape index (κ1) is 26.3. The smallest absolute Gasteiger partial charge is 0.416 e. The molecule has 1 heterocycles. The number of rotatable bonds is 10. The van der Waals surface area contributed by atoms with E-state index in [0.29, 0.717) is 29.4 Å². The highest BCUT2D eigenvalue weighted by Crippen LogP contribution is 2.30. The fourth-order valence-corrected chi connectivity index (χ4v) is 3.39. The number of aliphatic imine (C=N–C) groups is 1. The zero-order valence-electron chi connectivity index (χ0n) is 20.1. The van der Waals surface area contributed by atoms with Crippen molar-refractivity contribution in [1.82, 2.24) is 10.4 Å². The first-order valence-electron chi connectivity index (χ1n) is 11.4. The molecule has 3 rings (SSSR count). The molecule has 190 valence electrons. The summed E-state index contributed by atoms with van der Waals surface area (Å²) in [6, 6.07) is 9.99. The third-order valence-corrected chi connectivity index (χ3v) is 5.55. The summed E-state index contributed by atoms with van der Waals surface area (Å²) >= 11 is 0. The lowest BCUT2D eigenvalue weighted by molar-refractivity contribution is -0.152. The van der Waals surface area contributed by atoms with Crippen molar-refractivity contribution in [2.45, 2.75) is 58.5 Å². The van der Waals surface area contributed by atoms with Crippen LogP contribution in [0.15, 0.2) is 47.5 Å². The van der Waals surface area contributed by atoms with Crippen LogP contribution in [-0.2, 0) is 11.0 Å². The third-order valence-electron chi connectivity index (χ3n) is 5.55. The van der Waals surface area contributed by atoms with Gasteiger partial charge in [-0.25, -0.2) is 9.79 Å². The van der Waals surface area contributed by atoms with E-state index in [9.17, 15) is 23.1 Å². The summed E-state index contributed by atoms with van der Waals surface area (Å²) < 4.78 is 50.2. The SMILES string of the molecule is CCCCN1NC(c2ccc(C(F)(F)F)cc2)=NC1COc1ccc(OC(C)(C)C(=O)O)c(C)c1. The summed E-state index contributed by atoms with van der Waals surface area (Å²) in [5.74, 6) is 0.426. The van der Waals surface area contributed by atoms with Gasteiger partial charge in [0.05, 0.1) is 5.56 Å². The van der Waals surface area contributed by atoms with Gasteiger partial charge in [-0.1, -0.05) is 25.5 Å². The number of halogens is 3. The van der Waals surface area contributed by atoms with Gasteiger partial charge in [-0.2, -0.15) is 18.2 Å². The van der Waals surface area contributed by atoms with E-state index in [1.54, 1.807) is 25.1 Å². The number of hydrazine groups is 1. The lowest BCUT2D eigenvalue weighted by Crippen LogP contribution is -2.44. The van der Waals surface area contributed by atoms with E-state index in [-0.39, 0.29) is 12.8 Å². The van der Waals surface area contributed by atoms with Crippen LogP contribution in [0, 0.1) is 6.92 Å². The molecule has 1 aliphatic rings. The summed E-state index contributed by atoms with van der Waals surface area (Å²) in [5.41, 5.74) is 2.39. The summed E-state index contributed by atoms with van der Waals surface area (Å²) in [4.78, 5) is 16.0. The number of benzene rings is 2. The predicted molar refractivity (Wildman–Crippen MR) is 126 cm³/mol. The molecule has 0 aliphatic carbocycles. The lowest BCUT2D eigenvalue weighted by Gasteiger charge is -2.24. The number of aryl methyl sites for hydroxylation is 1. The largest absolute Gasteiger partial charge is 0.490 e. The quantitative estimate of drug-likeness (QED) is 0.483. The van der Waals surface area contributed by atoms with Gasteiger partial charge in [0.2, 0.25) is 0 Å². The first-order chi connectivity index (χ1) is 16.4. The van der Waals surface area contributed by atoms with Crippen molar-refractivity contribution >= 4 is 11.8 Å². The number of ether oxygens (including phenoxy) is 2. The number of unbranched alkanes of at least 4 members (excludes halogenated alkanes) is 1. The highest BCUT2D eigenvalue weighted by Gasteiger charge is 2.32. The van der Waals surface area contributed by atoms with Crippen LogP contribution in [0.5, 0.6) is 11.5 Å². The monoisotopic (exact) mass is 493 g/mol. The van der Waals surface area contributed by atoms with Crippen LogP contribution in [0.1, 0.15) is 50.3 Å². The molecular weight excluding hydrogens is 463 g/mol. The number of carboxylic acid groups (broad SMARTS) is 1. The van der Waals surface area contributed by atoms with E-state index in [2.05, 4.69) is 17.3 Å². The number of nitrogens with one attached hydrogen (secondary N) is 1. The summed E-state index contributed by atoms with van der Waals surface area (Å²) in [6.07, 6.45) is -2.89. The highest BCUT2D eigenvalue weighted by molar-refractivity contribution is 5.99. The van der Waals surface area contributed by atoms with Crippen LogP contribution in [0.2, 0.25) is 0 Å². The van der Waals surface area contributed by atoms with Crippen LogP contribution in [-0.4, -0.2) is 46.8 Å². The Morgan fingerprint density at radius 1 is 1.17 bits per heavy atom. The van der Waals surface area contributed by atoms with Gasteiger partial charge in [-0.05, 0) is 63.1 Å². The fourth-order valence-electron chi connectivity index (χ4n) is 3.39. The molecule has 1 aliphatic heterocycles. The molecule has 2 N–H and O–H groups in total. The van der Waals surface area contributed by atoms with Crippen LogP contribution < -0.4 is 14.9 Å². The van der Waals surface area contributed by atoms with Crippen LogP contribution >= 0.6 is 0 Å². The van der Waals surface area contributed by atoms with E-state index in [4.69, 9.17) is 9.47 Å². The van der Waals surface area contributed by atoms with Gasteiger partial charge in [0.1, 0.15) is 23.9 Å². The number of aliphatic carboxylic acids is 1. The van der Waals surface area contributed by atoms with Gasteiger partial charge in [-0.3, -0.25) is 0 Å². The average molecular weight is 494 g/mol. The zero-order valence-corrected chi connectivity index (χ0v) is 20.1. The Labute approximate surface area is 202 Å². The van der Waals surface area contributed by atoms with Crippen LogP contribution in [0.4, 0.5) is 13.2 Å². The number of nitrogens with zero attached hydrogens (tertiary/aromatic N) is 2. The summed E-state index contributed by atoms with van der Waals surface area (Å²) in [5, 5.41) is 11.2. The molecule has 0 radical (unpaired) electrons. The third kappa shape index (κ3) is 6.66. The minimum Gasteiger partial charge on any atom is -0.490 e. The maximum absolute atomic E-state index is 12.9. The zero-order chi connectivity index (χ0) is 25.8. The van der Waals surface area contributed by atoms with Gasteiger partial charge in [0, 0.05) is 12.1 Å². The number of hydrogen-bond donors (Lipinski definition) is 2. The van der Waals surface area contributed by atoms with Gasteiger partial charge in [-0.15, -0.1) is 0 Å². The first-order valence-corrected chi connectivity index (χ1v) is 11.4. The Hall–Kier alpha value is -3.27. The molecule has 0 aromatic heterocycles. The minimum absolute atomic E-state index is 0.209. The van der Waals surface area contributed by atoms with E-state index in [1.165, 1.54) is 26.0 Å².